The number of rotatable bonds is 15. The van der Waals surface area contributed by atoms with Crippen LogP contribution in [-0.4, -0.2) is 58.4 Å². The molecule has 0 N–H and O–H groups in total. The molecule has 56 heavy (non-hydrogen) atoms. The summed E-state index contributed by atoms with van der Waals surface area (Å²) in [6, 6.07) is 30.3. The Balaban J connectivity index is 0.00000600. The third-order valence-corrected chi connectivity index (χ3v) is 9.74. The van der Waals surface area contributed by atoms with Crippen molar-refractivity contribution in [3.05, 3.63) is 158 Å². The molecule has 0 radical (unpaired) electrons. The smallest absolute Gasteiger partial charge is 0.269 e. The van der Waals surface area contributed by atoms with Crippen LogP contribution in [0.5, 0.6) is 23.1 Å². The Morgan fingerprint density at radius 1 is 0.875 bits per heavy atom. The van der Waals surface area contributed by atoms with E-state index < -0.39 is 4.92 Å². The van der Waals surface area contributed by atoms with Crippen LogP contribution in [-0.2, 0) is 24.4 Å². The highest BCUT2D eigenvalue weighted by Crippen LogP contribution is 2.34. The molecule has 1 aliphatic heterocycles. The Hall–Kier alpha value is -5.42. The van der Waals surface area contributed by atoms with E-state index in [2.05, 4.69) is 60.1 Å². The third-order valence-electron chi connectivity index (χ3n) is 9.46. The Bertz CT molecular complexity index is 2060. The molecule has 1 aromatic heterocycles. The first kappa shape index (κ1) is 41.7. The van der Waals surface area contributed by atoms with Gasteiger partial charge in [0.15, 0.2) is 5.75 Å². The number of piperazine rings is 1. The van der Waals surface area contributed by atoms with Crippen molar-refractivity contribution in [1.82, 2.24) is 14.8 Å². The highest BCUT2D eigenvalue weighted by Gasteiger charge is 2.20. The molecule has 1 amide bonds. The average Bonchev–Trinajstić information content (AvgIpc) is 3.19. The molecule has 2 heterocycles. The fourth-order valence-electron chi connectivity index (χ4n) is 6.19. The minimum Gasteiger partial charge on any atom is -0.493 e. The van der Waals surface area contributed by atoms with Gasteiger partial charge in [0, 0.05) is 63.4 Å². The maximum Gasteiger partial charge on any atom is 0.269 e. The standard InChI is InChI=1S/C44H45ClN4O6.ClH/c1-31(2)37-11-15-39(16-12-37)53-25-20-33-4-6-34(7-5-33)29-47-21-23-48(24-22-47)43(50)19-10-36-26-32(3)44(41(45)27-36)55-42-18-17-40(28-46-42)54-30-35-8-13-38(14-9-35)49(51)52;/h4-19,26-28,31H,20-25,29-30H2,1-3H3;1H. The first-order valence-electron chi connectivity index (χ1n) is 18.4. The van der Waals surface area contributed by atoms with Crippen LogP contribution in [0.15, 0.2) is 109 Å². The molecule has 12 heteroatoms. The molecule has 0 aliphatic carbocycles. The van der Waals surface area contributed by atoms with Gasteiger partial charge in [-0.25, -0.2) is 4.98 Å². The van der Waals surface area contributed by atoms with Crippen molar-refractivity contribution in [2.75, 3.05) is 32.8 Å². The molecule has 10 nitrogen and oxygen atoms in total. The maximum atomic E-state index is 13.1. The zero-order valence-corrected chi connectivity index (χ0v) is 33.3. The van der Waals surface area contributed by atoms with Gasteiger partial charge in [0.2, 0.25) is 11.8 Å². The minimum absolute atomic E-state index is 0. The van der Waals surface area contributed by atoms with Crippen LogP contribution in [0.25, 0.3) is 6.08 Å². The van der Waals surface area contributed by atoms with Crippen LogP contribution in [0, 0.1) is 17.0 Å². The van der Waals surface area contributed by atoms with Crippen LogP contribution >= 0.6 is 24.0 Å². The second kappa shape index (κ2) is 20.0. The molecule has 4 aromatic carbocycles. The number of carbonyl (C=O) groups excluding carboxylic acids is 1. The maximum absolute atomic E-state index is 13.1. The van der Waals surface area contributed by atoms with Crippen molar-refractivity contribution < 1.29 is 23.9 Å². The summed E-state index contributed by atoms with van der Waals surface area (Å²) in [4.78, 5) is 32.1. The molecule has 0 spiro atoms. The Morgan fingerprint density at radius 2 is 1.54 bits per heavy atom. The van der Waals surface area contributed by atoms with Gasteiger partial charge in [-0.05, 0) is 94.8 Å². The lowest BCUT2D eigenvalue weighted by Crippen LogP contribution is -2.47. The van der Waals surface area contributed by atoms with Gasteiger partial charge >= 0.3 is 0 Å². The molecular formula is C44H46Cl2N4O6. The van der Waals surface area contributed by atoms with Gasteiger partial charge in [-0.1, -0.05) is 61.8 Å². The number of hydrogen-bond acceptors (Lipinski definition) is 8. The molecule has 0 bridgehead atoms. The Kier molecular flexibility index (Phi) is 14.9. The zero-order valence-electron chi connectivity index (χ0n) is 31.7. The van der Waals surface area contributed by atoms with E-state index in [1.807, 2.05) is 30.0 Å². The summed E-state index contributed by atoms with van der Waals surface area (Å²) < 4.78 is 17.7. The molecule has 0 atom stereocenters. The lowest BCUT2D eigenvalue weighted by molar-refractivity contribution is -0.384. The van der Waals surface area contributed by atoms with E-state index in [1.54, 1.807) is 42.5 Å². The predicted molar refractivity (Wildman–Crippen MR) is 222 cm³/mol. The van der Waals surface area contributed by atoms with E-state index in [4.69, 9.17) is 25.8 Å². The molecule has 0 saturated carbocycles. The van der Waals surface area contributed by atoms with Crippen molar-refractivity contribution in [2.45, 2.75) is 46.3 Å². The second-order valence-corrected chi connectivity index (χ2v) is 14.3. The Labute approximate surface area is 339 Å². The zero-order chi connectivity index (χ0) is 38.7. The molecule has 1 saturated heterocycles. The molecule has 292 valence electrons. The molecular weight excluding hydrogens is 751 g/mol. The highest BCUT2D eigenvalue weighted by molar-refractivity contribution is 6.32. The monoisotopic (exact) mass is 796 g/mol. The van der Waals surface area contributed by atoms with Gasteiger partial charge in [-0.2, -0.15) is 0 Å². The number of nitro groups is 1. The minimum atomic E-state index is -0.440. The summed E-state index contributed by atoms with van der Waals surface area (Å²) in [7, 11) is 0. The fourth-order valence-corrected chi connectivity index (χ4v) is 6.50. The SMILES string of the molecule is Cc1cc(C=CC(=O)N2CCN(Cc3ccc(CCOc4ccc(C(C)C)cc4)cc3)CC2)cc(Cl)c1Oc1ccc(OCc2ccc([N+](=O)[O-])cc2)cn1.Cl. The number of carbonyl (C=O) groups is 1. The van der Waals surface area contributed by atoms with E-state index in [9.17, 15) is 14.9 Å². The number of ether oxygens (including phenoxy) is 3. The Morgan fingerprint density at radius 3 is 2.16 bits per heavy atom. The average molecular weight is 798 g/mol. The van der Waals surface area contributed by atoms with E-state index in [0.717, 1.165) is 48.5 Å². The number of nitro benzene ring substituents is 1. The van der Waals surface area contributed by atoms with Crippen LogP contribution in [0.3, 0.4) is 0 Å². The van der Waals surface area contributed by atoms with E-state index in [-0.39, 0.29) is 30.6 Å². The van der Waals surface area contributed by atoms with Gasteiger partial charge in [0.05, 0.1) is 22.7 Å². The number of hydrogen-bond donors (Lipinski definition) is 0. The van der Waals surface area contributed by atoms with Gasteiger partial charge in [-0.3, -0.25) is 19.8 Å². The largest absolute Gasteiger partial charge is 0.493 e. The second-order valence-electron chi connectivity index (χ2n) is 13.9. The summed E-state index contributed by atoms with van der Waals surface area (Å²) in [5.41, 5.74) is 6.22. The van der Waals surface area contributed by atoms with Crippen molar-refractivity contribution in [3.8, 4) is 23.1 Å². The van der Waals surface area contributed by atoms with Gasteiger partial charge in [-0.15, -0.1) is 12.4 Å². The van der Waals surface area contributed by atoms with Gasteiger partial charge in [0.1, 0.15) is 18.1 Å². The number of non-ortho nitro benzene ring substituents is 1. The van der Waals surface area contributed by atoms with Crippen molar-refractivity contribution in [2.24, 2.45) is 0 Å². The molecule has 0 unspecified atom stereocenters. The number of benzene rings is 4. The predicted octanol–water partition coefficient (Wildman–Crippen LogP) is 9.85. The topological polar surface area (TPSA) is 107 Å². The van der Waals surface area contributed by atoms with Crippen LogP contribution in [0.1, 0.15) is 53.1 Å². The van der Waals surface area contributed by atoms with Gasteiger partial charge in [0.25, 0.3) is 5.69 Å². The number of nitrogens with zero attached hydrogens (tertiary/aromatic N) is 4. The highest BCUT2D eigenvalue weighted by atomic mass is 35.5. The fraction of sp³-hybridized carbons (Fsp3) is 0.273. The number of aromatic nitrogens is 1. The van der Waals surface area contributed by atoms with Crippen molar-refractivity contribution in [3.63, 3.8) is 0 Å². The molecule has 6 rings (SSSR count). The van der Waals surface area contributed by atoms with E-state index in [1.165, 1.54) is 35.0 Å². The van der Waals surface area contributed by atoms with Crippen LogP contribution in [0.4, 0.5) is 5.69 Å². The normalized spacial score (nSPS) is 13.1. The summed E-state index contributed by atoms with van der Waals surface area (Å²) in [5.74, 6) is 2.71. The molecule has 5 aromatic rings. The lowest BCUT2D eigenvalue weighted by Gasteiger charge is -2.34. The van der Waals surface area contributed by atoms with E-state index in [0.29, 0.717) is 48.0 Å². The summed E-state index contributed by atoms with van der Waals surface area (Å²) >= 11 is 6.62. The molecule has 1 aliphatic rings. The van der Waals surface area contributed by atoms with Crippen molar-refractivity contribution >= 4 is 41.7 Å². The first-order chi connectivity index (χ1) is 26.6. The van der Waals surface area contributed by atoms with Crippen LogP contribution in [0.2, 0.25) is 5.02 Å². The van der Waals surface area contributed by atoms with Gasteiger partial charge < -0.3 is 19.1 Å². The summed E-state index contributed by atoms with van der Waals surface area (Å²) in [6.45, 7) is 10.9. The van der Waals surface area contributed by atoms with E-state index >= 15 is 0 Å². The summed E-state index contributed by atoms with van der Waals surface area (Å²) in [5, 5.41) is 11.2. The van der Waals surface area contributed by atoms with Crippen molar-refractivity contribution in [1.29, 1.82) is 0 Å². The summed E-state index contributed by atoms with van der Waals surface area (Å²) in [6.07, 6.45) is 5.77. The first-order valence-corrected chi connectivity index (χ1v) is 18.8. The number of pyridine rings is 1. The number of aryl methyl sites for hydroxylation is 1. The quantitative estimate of drug-likeness (QED) is 0.0586. The molecule has 1 fully saturated rings. The lowest BCUT2D eigenvalue weighted by atomic mass is 10.0. The number of halogens is 2. The third kappa shape index (κ3) is 11.8. The number of amides is 1. The van der Waals surface area contributed by atoms with Crippen LogP contribution < -0.4 is 14.2 Å².